The number of hydrogen-bond acceptors (Lipinski definition) is 5. The highest BCUT2D eigenvalue weighted by Crippen LogP contribution is 2.12. The number of piperazine rings is 1. The van der Waals surface area contributed by atoms with Crippen molar-refractivity contribution in [3.8, 4) is 0 Å². The van der Waals surface area contributed by atoms with Gasteiger partial charge in [-0.3, -0.25) is 14.6 Å². The molecule has 1 fully saturated rings. The summed E-state index contributed by atoms with van der Waals surface area (Å²) in [5.74, 6) is -0.702. The molecule has 0 bridgehead atoms. The van der Waals surface area contributed by atoms with E-state index in [9.17, 15) is 23.1 Å². The van der Waals surface area contributed by atoms with Crippen LogP contribution in [0.4, 0.5) is 13.2 Å². The number of likely N-dealkylation sites (N-methyl/N-ethyl adjacent to an activating group) is 2. The van der Waals surface area contributed by atoms with Crippen LogP contribution < -0.4 is 5.32 Å². The van der Waals surface area contributed by atoms with Crippen molar-refractivity contribution in [3.05, 3.63) is 0 Å². The number of halogens is 3. The summed E-state index contributed by atoms with van der Waals surface area (Å²) in [7, 11) is 3.64. The maximum atomic E-state index is 12.0. The van der Waals surface area contributed by atoms with Crippen LogP contribution in [-0.4, -0.2) is 104 Å². The van der Waals surface area contributed by atoms with Crippen LogP contribution in [0.5, 0.6) is 0 Å². The molecule has 1 amide bonds. The summed E-state index contributed by atoms with van der Waals surface area (Å²) >= 11 is 0. The molecule has 22 heavy (non-hydrogen) atoms. The summed E-state index contributed by atoms with van der Waals surface area (Å²) in [6, 6.07) is 0. The van der Waals surface area contributed by atoms with E-state index >= 15 is 0 Å². The molecule has 1 atom stereocenters. The molecular weight excluding hydrogens is 301 g/mol. The van der Waals surface area contributed by atoms with Gasteiger partial charge in [-0.15, -0.1) is 0 Å². The molecule has 0 aliphatic carbocycles. The molecule has 1 saturated heterocycles. The molecule has 0 aromatic rings. The molecular formula is C13H25F3N4O2. The highest BCUT2D eigenvalue weighted by Gasteiger charge is 2.28. The molecule has 1 aliphatic rings. The number of aliphatic hydroxyl groups is 1. The smallest absolute Gasteiger partial charge is 0.390 e. The number of carbonyl (C=O) groups is 1. The summed E-state index contributed by atoms with van der Waals surface area (Å²) in [6.45, 7) is 2.89. The molecule has 0 radical (unpaired) electrons. The second kappa shape index (κ2) is 8.66. The van der Waals surface area contributed by atoms with Crippen molar-refractivity contribution in [2.24, 2.45) is 0 Å². The largest absolute Gasteiger partial charge is 0.405 e. The van der Waals surface area contributed by atoms with Crippen LogP contribution in [0.25, 0.3) is 0 Å². The maximum Gasteiger partial charge on any atom is 0.405 e. The maximum absolute atomic E-state index is 12.0. The van der Waals surface area contributed by atoms with Gasteiger partial charge in [0, 0.05) is 39.3 Å². The summed E-state index contributed by atoms with van der Waals surface area (Å²) in [5, 5.41) is 11.8. The van der Waals surface area contributed by atoms with E-state index in [1.165, 1.54) is 4.90 Å². The molecule has 2 N–H and O–H groups in total. The molecule has 0 spiro atoms. The minimum absolute atomic E-state index is 0.171. The molecule has 1 aliphatic heterocycles. The standard InChI is InChI=1S/C13H25F3N4O2/c1-18-3-5-20(6-4-18)8-11(21)7-19(2)9-12(22)17-10-13(14,15)16/h11,21H,3-10H2,1-2H3,(H,17,22). The number of nitrogens with one attached hydrogen (secondary N) is 1. The van der Waals surface area contributed by atoms with Gasteiger partial charge in [0.15, 0.2) is 0 Å². The zero-order valence-electron chi connectivity index (χ0n) is 13.1. The fourth-order valence-electron chi connectivity index (χ4n) is 2.31. The van der Waals surface area contributed by atoms with E-state index < -0.39 is 24.7 Å². The predicted molar refractivity (Wildman–Crippen MR) is 76.5 cm³/mol. The summed E-state index contributed by atoms with van der Waals surface area (Å²) in [5.41, 5.74) is 0. The Balaban J connectivity index is 2.20. The topological polar surface area (TPSA) is 59.1 Å². The third-order valence-corrected chi connectivity index (χ3v) is 3.49. The Labute approximate surface area is 128 Å². The minimum Gasteiger partial charge on any atom is -0.390 e. The van der Waals surface area contributed by atoms with Crippen molar-refractivity contribution in [3.63, 3.8) is 0 Å². The Bertz CT molecular complexity index is 347. The lowest BCUT2D eigenvalue weighted by Gasteiger charge is -2.34. The Kier molecular flexibility index (Phi) is 7.54. The highest BCUT2D eigenvalue weighted by atomic mass is 19.4. The fourth-order valence-corrected chi connectivity index (χ4v) is 2.31. The number of nitrogens with zero attached hydrogens (tertiary/aromatic N) is 3. The Hall–Kier alpha value is -0.900. The van der Waals surface area contributed by atoms with Crippen molar-refractivity contribution in [1.82, 2.24) is 20.0 Å². The molecule has 1 rings (SSSR count). The van der Waals surface area contributed by atoms with Crippen molar-refractivity contribution in [2.45, 2.75) is 12.3 Å². The van der Waals surface area contributed by atoms with Crippen molar-refractivity contribution in [2.75, 3.05) is 66.5 Å². The van der Waals surface area contributed by atoms with Crippen molar-refractivity contribution >= 4 is 5.91 Å². The van der Waals surface area contributed by atoms with Gasteiger partial charge in [-0.05, 0) is 14.1 Å². The lowest BCUT2D eigenvalue weighted by Crippen LogP contribution is -2.49. The number of hydrogen-bond donors (Lipinski definition) is 2. The van der Waals surface area contributed by atoms with Gasteiger partial charge in [0.1, 0.15) is 6.54 Å². The van der Waals surface area contributed by atoms with Gasteiger partial charge in [-0.25, -0.2) is 0 Å². The summed E-state index contributed by atoms with van der Waals surface area (Å²) in [6.07, 6.45) is -5.04. The second-order valence-electron chi connectivity index (χ2n) is 5.85. The summed E-state index contributed by atoms with van der Waals surface area (Å²) in [4.78, 5) is 17.2. The molecule has 130 valence electrons. The van der Waals surface area contributed by atoms with E-state index in [4.69, 9.17) is 0 Å². The first-order valence-electron chi connectivity index (χ1n) is 7.26. The Morgan fingerprint density at radius 3 is 2.45 bits per heavy atom. The summed E-state index contributed by atoms with van der Waals surface area (Å²) < 4.78 is 35.9. The Morgan fingerprint density at radius 1 is 1.32 bits per heavy atom. The predicted octanol–water partition coefficient (Wildman–Crippen LogP) is -0.795. The van der Waals surface area contributed by atoms with E-state index in [0.29, 0.717) is 6.54 Å². The zero-order chi connectivity index (χ0) is 16.8. The number of alkyl halides is 3. The third-order valence-electron chi connectivity index (χ3n) is 3.49. The number of rotatable bonds is 7. The molecule has 6 nitrogen and oxygen atoms in total. The van der Waals surface area contributed by atoms with E-state index in [2.05, 4.69) is 9.80 Å². The molecule has 1 unspecified atom stereocenters. The monoisotopic (exact) mass is 326 g/mol. The Morgan fingerprint density at radius 2 is 1.91 bits per heavy atom. The van der Waals surface area contributed by atoms with Crippen LogP contribution >= 0.6 is 0 Å². The average Bonchev–Trinajstić information content (AvgIpc) is 2.38. The zero-order valence-corrected chi connectivity index (χ0v) is 13.1. The first kappa shape index (κ1) is 19.1. The van der Waals surface area contributed by atoms with E-state index in [1.54, 1.807) is 7.05 Å². The van der Waals surface area contributed by atoms with Crippen LogP contribution in [-0.2, 0) is 4.79 Å². The van der Waals surface area contributed by atoms with Crippen molar-refractivity contribution < 1.29 is 23.1 Å². The fraction of sp³-hybridized carbons (Fsp3) is 0.923. The van der Waals surface area contributed by atoms with Crippen LogP contribution in [0.3, 0.4) is 0 Å². The second-order valence-corrected chi connectivity index (χ2v) is 5.85. The highest BCUT2D eigenvalue weighted by molar-refractivity contribution is 5.78. The van der Waals surface area contributed by atoms with Gasteiger partial charge in [0.05, 0.1) is 12.6 Å². The average molecular weight is 326 g/mol. The number of β-amino-alcohol motifs (C(OH)–C–C–N with tert-alkyl or cyclic N) is 1. The van der Waals surface area contributed by atoms with E-state index in [0.717, 1.165) is 26.2 Å². The van der Waals surface area contributed by atoms with Crippen molar-refractivity contribution in [1.29, 1.82) is 0 Å². The third kappa shape index (κ3) is 8.52. The van der Waals surface area contributed by atoms with E-state index in [-0.39, 0.29) is 13.1 Å². The molecule has 0 aromatic carbocycles. The van der Waals surface area contributed by atoms with Crippen LogP contribution in [0, 0.1) is 0 Å². The van der Waals surface area contributed by atoms with Crippen LogP contribution in [0.15, 0.2) is 0 Å². The van der Waals surface area contributed by atoms with Gasteiger partial charge in [0.2, 0.25) is 5.91 Å². The quantitative estimate of drug-likeness (QED) is 0.642. The first-order chi connectivity index (χ1) is 10.2. The molecule has 0 aromatic heterocycles. The SMILES string of the molecule is CN1CCN(CC(O)CN(C)CC(=O)NCC(F)(F)F)CC1. The normalized spacial score (nSPS) is 19.4. The first-order valence-corrected chi connectivity index (χ1v) is 7.26. The number of carbonyl (C=O) groups excluding carboxylic acids is 1. The molecule has 0 saturated carbocycles. The van der Waals surface area contributed by atoms with Gasteiger partial charge >= 0.3 is 6.18 Å². The minimum atomic E-state index is -4.41. The van der Waals surface area contributed by atoms with Crippen LogP contribution in [0.1, 0.15) is 0 Å². The van der Waals surface area contributed by atoms with Gasteiger partial charge in [0.25, 0.3) is 0 Å². The van der Waals surface area contributed by atoms with Gasteiger partial charge < -0.3 is 15.3 Å². The lowest BCUT2D eigenvalue weighted by atomic mass is 10.2. The van der Waals surface area contributed by atoms with Crippen LogP contribution in [0.2, 0.25) is 0 Å². The molecule has 1 heterocycles. The number of amides is 1. The van der Waals surface area contributed by atoms with E-state index in [1.807, 2.05) is 12.4 Å². The van der Waals surface area contributed by atoms with Gasteiger partial charge in [-0.1, -0.05) is 0 Å². The number of aliphatic hydroxyl groups excluding tert-OH is 1. The lowest BCUT2D eigenvalue weighted by molar-refractivity contribution is -0.139. The molecule has 9 heteroatoms. The van der Waals surface area contributed by atoms with Gasteiger partial charge in [-0.2, -0.15) is 13.2 Å².